The number of ether oxygens (including phenoxy) is 1. The molecule has 0 bridgehead atoms. The molecule has 0 unspecified atom stereocenters. The quantitative estimate of drug-likeness (QED) is 0.431. The van der Waals surface area contributed by atoms with Crippen LogP contribution in [-0.2, 0) is 11.3 Å². The Bertz CT molecular complexity index is 995. The molecule has 34 heavy (non-hydrogen) atoms. The first-order chi connectivity index (χ1) is 16.1. The Morgan fingerprint density at radius 3 is 2.06 bits per heavy atom. The number of rotatable bonds is 6. The summed E-state index contributed by atoms with van der Waals surface area (Å²) in [4.78, 5) is 15.3. The number of hydrogen-bond donors (Lipinski definition) is 1. The predicted octanol–water partition coefficient (Wildman–Crippen LogP) is 7.04. The van der Waals surface area contributed by atoms with Gasteiger partial charge >= 0.3 is 5.56 Å². The van der Waals surface area contributed by atoms with Gasteiger partial charge in [0.05, 0.1) is 6.54 Å². The van der Waals surface area contributed by atoms with Crippen LogP contribution in [0.4, 0.5) is 19.1 Å². The van der Waals surface area contributed by atoms with E-state index in [0.717, 1.165) is 24.4 Å². The molecule has 0 saturated heterocycles. The van der Waals surface area contributed by atoms with Crippen molar-refractivity contribution >= 4 is 17.5 Å². The van der Waals surface area contributed by atoms with Crippen molar-refractivity contribution in [2.75, 3.05) is 19.5 Å². The first-order valence-corrected chi connectivity index (χ1v) is 11.0. The molecular formula is C25H35ClF3N3O2. The molecule has 5 nitrogen and oxygen atoms in total. The van der Waals surface area contributed by atoms with Crippen LogP contribution in [0.3, 0.4) is 0 Å². The van der Waals surface area contributed by atoms with Gasteiger partial charge < -0.3 is 14.6 Å². The van der Waals surface area contributed by atoms with E-state index in [0.29, 0.717) is 16.3 Å². The predicted molar refractivity (Wildman–Crippen MR) is 136 cm³/mol. The van der Waals surface area contributed by atoms with Crippen molar-refractivity contribution < 1.29 is 17.9 Å². The maximum atomic E-state index is 13.7. The summed E-state index contributed by atoms with van der Waals surface area (Å²) in [5.74, 6) is -2.63. The van der Waals surface area contributed by atoms with Gasteiger partial charge in [-0.05, 0) is 49.3 Å². The minimum Gasteiger partial charge on any atom is -0.388 e. The smallest absolute Gasteiger partial charge is 0.310 e. The first kappa shape index (κ1) is 33.3. The molecule has 0 fully saturated rings. The Hall–Kier alpha value is -2.84. The van der Waals surface area contributed by atoms with Gasteiger partial charge in [-0.2, -0.15) is 9.37 Å². The molecule has 2 aromatic rings. The van der Waals surface area contributed by atoms with Gasteiger partial charge in [0, 0.05) is 37.2 Å². The summed E-state index contributed by atoms with van der Waals surface area (Å²) >= 11 is 5.86. The zero-order valence-electron chi connectivity index (χ0n) is 21.1. The third-order valence-electron chi connectivity index (χ3n) is 3.52. The van der Waals surface area contributed by atoms with Gasteiger partial charge in [-0.15, -0.1) is 0 Å². The van der Waals surface area contributed by atoms with Crippen molar-refractivity contribution in [3.05, 3.63) is 92.8 Å². The highest BCUT2D eigenvalue weighted by molar-refractivity contribution is 6.29. The Morgan fingerprint density at radius 2 is 1.62 bits per heavy atom. The van der Waals surface area contributed by atoms with Crippen LogP contribution < -0.4 is 10.9 Å². The summed E-state index contributed by atoms with van der Waals surface area (Å²) in [6, 6.07) is 2.95. The number of nitrogens with zero attached hydrogens (tertiary/aromatic N) is 2. The molecule has 0 aliphatic carbocycles. The zero-order valence-corrected chi connectivity index (χ0v) is 21.9. The van der Waals surface area contributed by atoms with Crippen LogP contribution in [0, 0.1) is 17.5 Å². The Balaban J connectivity index is 0. The number of halogens is 4. The first-order valence-electron chi connectivity index (χ1n) is 10.7. The second-order valence-corrected chi connectivity index (χ2v) is 6.78. The third kappa shape index (κ3) is 12.4. The minimum absolute atomic E-state index is 0.0130. The molecule has 9 heteroatoms. The van der Waals surface area contributed by atoms with Crippen molar-refractivity contribution in [2.24, 2.45) is 0 Å². The van der Waals surface area contributed by atoms with Gasteiger partial charge in [0.1, 0.15) is 11.6 Å². The fourth-order valence-electron chi connectivity index (χ4n) is 2.39. The fraction of sp³-hybridized carbons (Fsp3) is 0.360. The summed E-state index contributed by atoms with van der Waals surface area (Å²) < 4.78 is 46.1. The van der Waals surface area contributed by atoms with Crippen LogP contribution in [-0.4, -0.2) is 23.8 Å². The number of hydrogen-bond acceptors (Lipinski definition) is 4. The molecule has 0 amide bonds. The second-order valence-electron chi connectivity index (χ2n) is 6.19. The average molecular weight is 502 g/mol. The molecule has 190 valence electrons. The SMILES string of the molecule is C=C/C(Nc1nc(=O)c(F)cn1Cc1cc(F)cc(F)c1)=C(C)\C=C(/C)Cl.CC.CC.COC. The van der Waals surface area contributed by atoms with Crippen LogP contribution in [0.1, 0.15) is 47.1 Å². The van der Waals surface area contributed by atoms with Gasteiger partial charge in [-0.1, -0.05) is 45.9 Å². The molecular weight excluding hydrogens is 467 g/mol. The average Bonchev–Trinajstić information content (AvgIpc) is 2.77. The van der Waals surface area contributed by atoms with E-state index in [4.69, 9.17) is 11.6 Å². The van der Waals surface area contributed by atoms with Crippen molar-refractivity contribution in [1.82, 2.24) is 9.55 Å². The highest BCUT2D eigenvalue weighted by Gasteiger charge is 2.11. The van der Waals surface area contributed by atoms with Crippen LogP contribution in [0.2, 0.25) is 0 Å². The Morgan fingerprint density at radius 1 is 1.12 bits per heavy atom. The molecule has 0 aliphatic rings. The fourth-order valence-corrected chi connectivity index (χ4v) is 2.56. The Kier molecular flexibility index (Phi) is 18.2. The van der Waals surface area contributed by atoms with E-state index in [9.17, 15) is 18.0 Å². The standard InChI is InChI=1S/C19H17ClF3N3O.C2H6O.2C2H6/c1-4-17(11(2)5-12(3)20)24-19-25-18(27)16(23)10-26(19)9-13-6-14(21)8-15(22)7-13;1-3-2;2*1-2/h4-8,10H,1,9H2,2-3H3,(H,24,25,27);1-2H3;2*1-2H3/b12-5+,17-11+;;;. The lowest BCUT2D eigenvalue weighted by atomic mass is 10.2. The summed E-state index contributed by atoms with van der Waals surface area (Å²) in [7, 11) is 3.25. The van der Waals surface area contributed by atoms with Crippen molar-refractivity contribution in [3.63, 3.8) is 0 Å². The van der Waals surface area contributed by atoms with Crippen LogP contribution in [0.15, 0.2) is 64.2 Å². The van der Waals surface area contributed by atoms with Gasteiger partial charge in [0.15, 0.2) is 0 Å². The molecule has 1 heterocycles. The number of aromatic nitrogens is 2. The number of allylic oxidation sites excluding steroid dienone is 4. The van der Waals surface area contributed by atoms with Crippen LogP contribution in [0.5, 0.6) is 0 Å². The third-order valence-corrected chi connectivity index (χ3v) is 3.63. The number of methoxy groups -OCH3 is 1. The van der Waals surface area contributed by atoms with Crippen molar-refractivity contribution in [3.8, 4) is 0 Å². The highest BCUT2D eigenvalue weighted by atomic mass is 35.5. The van der Waals surface area contributed by atoms with E-state index < -0.39 is 23.0 Å². The number of nitrogens with one attached hydrogen (secondary N) is 1. The Labute approximate surface area is 205 Å². The van der Waals surface area contributed by atoms with Crippen LogP contribution in [0.25, 0.3) is 0 Å². The zero-order chi connectivity index (χ0) is 26.8. The molecule has 1 N–H and O–H groups in total. The summed E-state index contributed by atoms with van der Waals surface area (Å²) in [5, 5.41) is 3.40. The molecule has 0 saturated carbocycles. The molecule has 1 aromatic carbocycles. The molecule has 2 rings (SSSR count). The number of benzene rings is 1. The largest absolute Gasteiger partial charge is 0.388 e. The lowest BCUT2D eigenvalue weighted by Crippen LogP contribution is -2.21. The molecule has 0 aliphatic heterocycles. The van der Waals surface area contributed by atoms with Crippen molar-refractivity contribution in [1.29, 1.82) is 0 Å². The van der Waals surface area contributed by atoms with Gasteiger partial charge in [0.2, 0.25) is 11.8 Å². The van der Waals surface area contributed by atoms with Crippen LogP contribution >= 0.6 is 11.6 Å². The lowest BCUT2D eigenvalue weighted by Gasteiger charge is -2.16. The normalized spacial score (nSPS) is 10.9. The van der Waals surface area contributed by atoms with Gasteiger partial charge in [-0.25, -0.2) is 8.78 Å². The minimum atomic E-state index is -1.09. The van der Waals surface area contributed by atoms with E-state index in [1.54, 1.807) is 34.1 Å². The van der Waals surface area contributed by atoms with E-state index in [1.807, 2.05) is 27.7 Å². The maximum absolute atomic E-state index is 13.7. The summed E-state index contributed by atoms with van der Waals surface area (Å²) in [5.41, 5.74) is 0.342. The summed E-state index contributed by atoms with van der Waals surface area (Å²) in [6.07, 6.45) is 4.06. The van der Waals surface area contributed by atoms with E-state index in [1.165, 1.54) is 10.6 Å². The lowest BCUT2D eigenvalue weighted by molar-refractivity contribution is 0.277. The van der Waals surface area contributed by atoms with E-state index in [-0.39, 0.29) is 18.1 Å². The monoisotopic (exact) mass is 501 g/mol. The maximum Gasteiger partial charge on any atom is 0.310 e. The second kappa shape index (κ2) is 18.6. The van der Waals surface area contributed by atoms with Gasteiger partial charge in [0.25, 0.3) is 0 Å². The van der Waals surface area contributed by atoms with E-state index >= 15 is 0 Å². The van der Waals surface area contributed by atoms with Crippen molar-refractivity contribution in [2.45, 2.75) is 48.1 Å². The van der Waals surface area contributed by atoms with E-state index in [2.05, 4.69) is 21.6 Å². The molecule has 1 aromatic heterocycles. The van der Waals surface area contributed by atoms with Gasteiger partial charge in [-0.3, -0.25) is 4.79 Å². The molecule has 0 spiro atoms. The number of anilines is 1. The summed E-state index contributed by atoms with van der Waals surface area (Å²) in [6.45, 7) is 15.0. The molecule has 0 radical (unpaired) electrons. The topological polar surface area (TPSA) is 56.2 Å². The molecule has 0 atom stereocenters. The highest BCUT2D eigenvalue weighted by Crippen LogP contribution is 2.16.